The van der Waals surface area contributed by atoms with Gasteiger partial charge in [-0.2, -0.15) is 0 Å². The minimum atomic E-state index is 0. The third-order valence-electron chi connectivity index (χ3n) is 2.60. The van der Waals surface area contributed by atoms with E-state index < -0.39 is 0 Å². The molecule has 2 atom stereocenters. The first-order valence-electron chi connectivity index (χ1n) is 5.13. The van der Waals surface area contributed by atoms with Gasteiger partial charge in [0, 0.05) is 12.5 Å². The topological polar surface area (TPSA) is 29.1 Å². The lowest BCUT2D eigenvalue weighted by atomic mass is 9.95. The second-order valence-electron chi connectivity index (χ2n) is 3.84. The van der Waals surface area contributed by atoms with Gasteiger partial charge in [-0.05, 0) is 32.6 Å². The number of carbonyl (C=O) groups is 1. The fraction of sp³-hybridized carbons (Fsp3) is 0.727. The highest BCUT2D eigenvalue weighted by Gasteiger charge is 2.22. The summed E-state index contributed by atoms with van der Waals surface area (Å²) < 4.78 is 0. The molecular formula is C11H20ClNO. The lowest BCUT2D eigenvalue weighted by molar-refractivity contribution is -0.121. The number of halogens is 1. The largest absolute Gasteiger partial charge is 0.305 e. The van der Waals surface area contributed by atoms with Gasteiger partial charge < -0.3 is 5.32 Å². The third kappa shape index (κ3) is 4.25. The van der Waals surface area contributed by atoms with E-state index >= 15 is 0 Å². The van der Waals surface area contributed by atoms with Crippen molar-refractivity contribution in [3.05, 3.63) is 12.7 Å². The zero-order chi connectivity index (χ0) is 9.68. The molecular weight excluding hydrogens is 198 g/mol. The van der Waals surface area contributed by atoms with Gasteiger partial charge in [-0.25, -0.2) is 0 Å². The maximum absolute atomic E-state index is 11.6. The average molecular weight is 218 g/mol. The van der Waals surface area contributed by atoms with Crippen LogP contribution in [0.15, 0.2) is 12.7 Å². The molecule has 0 aromatic heterocycles. The highest BCUT2D eigenvalue weighted by atomic mass is 35.5. The highest BCUT2D eigenvalue weighted by molar-refractivity contribution is 5.85. The first-order valence-corrected chi connectivity index (χ1v) is 5.13. The summed E-state index contributed by atoms with van der Waals surface area (Å²) >= 11 is 0. The molecule has 0 saturated carbocycles. The minimum Gasteiger partial charge on any atom is -0.305 e. The van der Waals surface area contributed by atoms with E-state index in [4.69, 9.17) is 0 Å². The van der Waals surface area contributed by atoms with Crippen molar-refractivity contribution in [2.24, 2.45) is 0 Å². The number of rotatable bonds is 4. The van der Waals surface area contributed by atoms with Gasteiger partial charge in [-0.15, -0.1) is 19.0 Å². The smallest absolute Gasteiger partial charge is 0.150 e. The predicted molar refractivity (Wildman–Crippen MR) is 61.9 cm³/mol. The molecule has 1 rings (SSSR count). The fourth-order valence-corrected chi connectivity index (χ4v) is 1.81. The van der Waals surface area contributed by atoms with Crippen LogP contribution in [0, 0.1) is 0 Å². The maximum Gasteiger partial charge on any atom is 0.150 e. The molecule has 1 heterocycles. The van der Waals surface area contributed by atoms with Crippen molar-refractivity contribution in [2.75, 3.05) is 0 Å². The molecule has 0 aliphatic carbocycles. The molecule has 14 heavy (non-hydrogen) atoms. The van der Waals surface area contributed by atoms with E-state index in [1.807, 2.05) is 6.08 Å². The number of hydrogen-bond acceptors (Lipinski definition) is 2. The summed E-state index contributed by atoms with van der Waals surface area (Å²) in [5.41, 5.74) is 0. The molecule has 1 fully saturated rings. The Morgan fingerprint density at radius 3 is 2.86 bits per heavy atom. The van der Waals surface area contributed by atoms with Crippen molar-refractivity contribution in [2.45, 2.75) is 51.1 Å². The highest BCUT2D eigenvalue weighted by Crippen LogP contribution is 2.14. The zero-order valence-electron chi connectivity index (χ0n) is 8.79. The van der Waals surface area contributed by atoms with Gasteiger partial charge in [0.25, 0.3) is 0 Å². The van der Waals surface area contributed by atoms with Crippen molar-refractivity contribution in [3.63, 3.8) is 0 Å². The third-order valence-corrected chi connectivity index (χ3v) is 2.60. The molecule has 0 aromatic rings. The second-order valence-corrected chi connectivity index (χ2v) is 3.84. The van der Waals surface area contributed by atoms with Gasteiger partial charge >= 0.3 is 0 Å². The Morgan fingerprint density at radius 2 is 2.29 bits per heavy atom. The molecule has 1 saturated heterocycles. The molecule has 0 amide bonds. The van der Waals surface area contributed by atoms with Crippen molar-refractivity contribution in [1.29, 1.82) is 0 Å². The molecule has 1 aliphatic rings. The monoisotopic (exact) mass is 217 g/mol. The van der Waals surface area contributed by atoms with E-state index in [0.29, 0.717) is 18.2 Å². The zero-order valence-corrected chi connectivity index (χ0v) is 9.61. The van der Waals surface area contributed by atoms with Crippen LogP contribution in [0.1, 0.15) is 39.0 Å². The van der Waals surface area contributed by atoms with E-state index in [0.717, 1.165) is 12.8 Å². The molecule has 1 N–H and O–H groups in total. The van der Waals surface area contributed by atoms with E-state index in [2.05, 4.69) is 18.8 Å². The number of carbonyl (C=O) groups excluding carboxylic acids is 1. The van der Waals surface area contributed by atoms with Crippen molar-refractivity contribution >= 4 is 18.2 Å². The predicted octanol–water partition coefficient (Wildman–Crippen LogP) is 2.47. The van der Waals surface area contributed by atoms with E-state index in [9.17, 15) is 4.79 Å². The average Bonchev–Trinajstić information content (AvgIpc) is 2.14. The van der Waals surface area contributed by atoms with Crippen LogP contribution in [0.2, 0.25) is 0 Å². The first-order chi connectivity index (χ1) is 6.24. The van der Waals surface area contributed by atoms with Gasteiger partial charge in [0.05, 0.1) is 6.04 Å². The number of allylic oxidation sites excluding steroid dienone is 1. The SMILES string of the molecule is C=CCCC(=O)C1CCCC(C)N1.Cl. The lowest BCUT2D eigenvalue weighted by Crippen LogP contribution is -2.45. The van der Waals surface area contributed by atoms with Crippen molar-refractivity contribution < 1.29 is 4.79 Å². The normalized spacial score (nSPS) is 26.4. The first kappa shape index (κ1) is 13.7. The van der Waals surface area contributed by atoms with Crippen LogP contribution in [0.3, 0.4) is 0 Å². The Bertz CT molecular complexity index is 194. The number of hydrogen-bond donors (Lipinski definition) is 1. The summed E-state index contributed by atoms with van der Waals surface area (Å²) in [7, 11) is 0. The fourth-order valence-electron chi connectivity index (χ4n) is 1.81. The van der Waals surface area contributed by atoms with Crippen LogP contribution in [-0.4, -0.2) is 17.9 Å². The molecule has 1 aliphatic heterocycles. The summed E-state index contributed by atoms with van der Waals surface area (Å²) in [6.45, 7) is 5.77. The van der Waals surface area contributed by atoms with E-state index in [-0.39, 0.29) is 18.4 Å². The van der Waals surface area contributed by atoms with E-state index in [1.165, 1.54) is 12.8 Å². The number of piperidine rings is 1. The van der Waals surface area contributed by atoms with Gasteiger partial charge in [0.2, 0.25) is 0 Å². The summed E-state index contributed by atoms with van der Waals surface area (Å²) in [5, 5.41) is 3.34. The number of ketones is 1. The summed E-state index contributed by atoms with van der Waals surface area (Å²) in [5.74, 6) is 0.353. The molecule has 0 aromatic carbocycles. The maximum atomic E-state index is 11.6. The van der Waals surface area contributed by atoms with Crippen LogP contribution in [-0.2, 0) is 4.79 Å². The Hall–Kier alpha value is -0.340. The molecule has 2 nitrogen and oxygen atoms in total. The minimum absolute atomic E-state index is 0. The molecule has 82 valence electrons. The van der Waals surface area contributed by atoms with Crippen LogP contribution < -0.4 is 5.32 Å². The summed E-state index contributed by atoms with van der Waals surface area (Å²) in [6.07, 6.45) is 6.66. The Kier molecular flexibility index (Phi) is 6.85. The molecule has 0 bridgehead atoms. The molecule has 2 unspecified atom stereocenters. The van der Waals surface area contributed by atoms with Crippen LogP contribution in [0.5, 0.6) is 0 Å². The lowest BCUT2D eigenvalue weighted by Gasteiger charge is -2.27. The van der Waals surface area contributed by atoms with Crippen LogP contribution >= 0.6 is 12.4 Å². The van der Waals surface area contributed by atoms with Crippen molar-refractivity contribution in [3.8, 4) is 0 Å². The van der Waals surface area contributed by atoms with Crippen molar-refractivity contribution in [1.82, 2.24) is 5.32 Å². The summed E-state index contributed by atoms with van der Waals surface area (Å²) in [4.78, 5) is 11.6. The Balaban J connectivity index is 0.00000169. The standard InChI is InChI=1S/C11H19NO.ClH/c1-3-4-8-11(13)10-7-5-6-9(2)12-10;/h3,9-10,12H,1,4-8H2,2H3;1H. The second kappa shape index (κ2) is 7.02. The number of nitrogens with one attached hydrogen (secondary N) is 1. The molecule has 0 radical (unpaired) electrons. The van der Waals surface area contributed by atoms with Crippen LogP contribution in [0.4, 0.5) is 0 Å². The van der Waals surface area contributed by atoms with Gasteiger partial charge in [-0.3, -0.25) is 4.79 Å². The summed E-state index contributed by atoms with van der Waals surface area (Å²) in [6, 6.07) is 0.620. The Labute approximate surface area is 92.6 Å². The quantitative estimate of drug-likeness (QED) is 0.734. The molecule has 0 spiro atoms. The van der Waals surface area contributed by atoms with Crippen LogP contribution in [0.25, 0.3) is 0 Å². The number of Topliss-reactive ketones (excluding diaryl/α,β-unsaturated/α-hetero) is 1. The van der Waals surface area contributed by atoms with Gasteiger partial charge in [0.1, 0.15) is 5.78 Å². The molecule has 3 heteroatoms. The van der Waals surface area contributed by atoms with Gasteiger partial charge in [-0.1, -0.05) is 6.08 Å². The van der Waals surface area contributed by atoms with Gasteiger partial charge in [0.15, 0.2) is 0 Å². The Morgan fingerprint density at radius 1 is 1.57 bits per heavy atom. The van der Waals surface area contributed by atoms with E-state index in [1.54, 1.807) is 0 Å².